The van der Waals surface area contributed by atoms with E-state index in [0.29, 0.717) is 12.0 Å². The van der Waals surface area contributed by atoms with Gasteiger partial charge < -0.3 is 0 Å². The van der Waals surface area contributed by atoms with Crippen LogP contribution in [0.1, 0.15) is 19.4 Å². The van der Waals surface area contributed by atoms with Crippen LogP contribution in [0, 0.1) is 11.3 Å². The molecule has 3 nitrogen and oxygen atoms in total. The second-order valence-electron chi connectivity index (χ2n) is 6.69. The van der Waals surface area contributed by atoms with Gasteiger partial charge in [0.05, 0.1) is 6.61 Å². The Morgan fingerprint density at radius 1 is 1.26 bits per heavy atom. The fraction of sp³-hybridized carbons (Fsp3) is 0.625. The van der Waals surface area contributed by atoms with Crippen molar-refractivity contribution in [3.63, 3.8) is 0 Å². The van der Waals surface area contributed by atoms with Crippen molar-refractivity contribution in [2.75, 3.05) is 26.7 Å². The molecule has 3 heteroatoms. The van der Waals surface area contributed by atoms with Gasteiger partial charge >= 0.3 is 0 Å². The molecule has 2 atom stereocenters. The van der Waals surface area contributed by atoms with Crippen LogP contribution in [0.15, 0.2) is 30.3 Å². The van der Waals surface area contributed by atoms with Gasteiger partial charge in [0.15, 0.2) is 0 Å². The van der Waals surface area contributed by atoms with E-state index >= 15 is 0 Å². The van der Waals surface area contributed by atoms with Crippen molar-refractivity contribution in [3.05, 3.63) is 35.9 Å². The second-order valence-corrected chi connectivity index (χ2v) is 6.69. The molecular formula is C16H24N2O. The van der Waals surface area contributed by atoms with Crippen molar-refractivity contribution in [2.24, 2.45) is 11.3 Å². The normalized spacial score (nSPS) is 31.3. The predicted octanol–water partition coefficient (Wildman–Crippen LogP) is 2.39. The van der Waals surface area contributed by atoms with E-state index in [4.69, 9.17) is 4.84 Å². The number of benzene rings is 1. The summed E-state index contributed by atoms with van der Waals surface area (Å²) in [6.45, 7) is 8.94. The zero-order chi connectivity index (χ0) is 13.5. The molecule has 2 saturated heterocycles. The van der Waals surface area contributed by atoms with Crippen LogP contribution in [0.25, 0.3) is 0 Å². The predicted molar refractivity (Wildman–Crippen MR) is 76.5 cm³/mol. The molecule has 0 unspecified atom stereocenters. The average Bonchev–Trinajstić information content (AvgIpc) is 2.72. The van der Waals surface area contributed by atoms with Crippen LogP contribution >= 0.6 is 0 Å². The molecule has 19 heavy (non-hydrogen) atoms. The number of nitrogens with zero attached hydrogens (tertiary/aromatic N) is 2. The second kappa shape index (κ2) is 4.89. The first-order valence-electron chi connectivity index (χ1n) is 7.18. The number of hydroxylamine groups is 2. The van der Waals surface area contributed by atoms with Crippen LogP contribution in [0.4, 0.5) is 0 Å². The van der Waals surface area contributed by atoms with E-state index in [2.05, 4.69) is 61.2 Å². The number of hydrogen-bond donors (Lipinski definition) is 0. The minimum atomic E-state index is 0.281. The summed E-state index contributed by atoms with van der Waals surface area (Å²) in [4.78, 5) is 8.32. The minimum absolute atomic E-state index is 0.281. The summed E-state index contributed by atoms with van der Waals surface area (Å²) in [7, 11) is 2.08. The first-order chi connectivity index (χ1) is 9.06. The molecule has 0 aromatic heterocycles. The Kier molecular flexibility index (Phi) is 3.37. The van der Waals surface area contributed by atoms with Gasteiger partial charge in [0, 0.05) is 38.6 Å². The van der Waals surface area contributed by atoms with Crippen molar-refractivity contribution in [2.45, 2.75) is 26.4 Å². The molecule has 0 radical (unpaired) electrons. The van der Waals surface area contributed by atoms with Crippen LogP contribution in [0.3, 0.4) is 0 Å². The van der Waals surface area contributed by atoms with E-state index in [1.54, 1.807) is 0 Å². The van der Waals surface area contributed by atoms with Gasteiger partial charge in [0.25, 0.3) is 0 Å². The molecule has 0 spiro atoms. The van der Waals surface area contributed by atoms with Crippen molar-refractivity contribution < 1.29 is 4.84 Å². The Bertz CT molecular complexity index is 432. The summed E-state index contributed by atoms with van der Waals surface area (Å²) in [6.07, 6.45) is 0. The van der Waals surface area contributed by atoms with Crippen molar-refractivity contribution >= 4 is 0 Å². The van der Waals surface area contributed by atoms with Gasteiger partial charge in [-0.2, -0.15) is 5.06 Å². The highest BCUT2D eigenvalue weighted by atomic mass is 16.7. The number of hydrogen-bond acceptors (Lipinski definition) is 3. The fourth-order valence-corrected chi connectivity index (χ4v) is 3.99. The van der Waals surface area contributed by atoms with Gasteiger partial charge in [-0.15, -0.1) is 0 Å². The van der Waals surface area contributed by atoms with Crippen LogP contribution in [-0.4, -0.2) is 42.7 Å². The third-order valence-corrected chi connectivity index (χ3v) is 4.50. The molecule has 0 N–H and O–H groups in total. The summed E-state index contributed by atoms with van der Waals surface area (Å²) in [5, 5.41) is 2.09. The summed E-state index contributed by atoms with van der Waals surface area (Å²) in [5.74, 6) is 0.637. The molecule has 1 aromatic rings. The maximum Gasteiger partial charge on any atom is 0.0741 e. The van der Waals surface area contributed by atoms with E-state index in [-0.39, 0.29) is 5.41 Å². The monoisotopic (exact) mass is 260 g/mol. The van der Waals surface area contributed by atoms with E-state index in [0.717, 1.165) is 26.2 Å². The van der Waals surface area contributed by atoms with Gasteiger partial charge in [0.2, 0.25) is 0 Å². The average molecular weight is 260 g/mol. The molecular weight excluding hydrogens is 236 g/mol. The molecule has 0 aliphatic carbocycles. The van der Waals surface area contributed by atoms with Gasteiger partial charge in [-0.3, -0.25) is 9.74 Å². The number of rotatable bonds is 2. The molecule has 2 heterocycles. The van der Waals surface area contributed by atoms with Crippen molar-refractivity contribution in [1.29, 1.82) is 0 Å². The SMILES string of the molecule is CN1OC[C@@H]2CN(Cc3ccccc3)CC(C)(C)[C@@H]21. The highest BCUT2D eigenvalue weighted by Gasteiger charge is 2.48. The van der Waals surface area contributed by atoms with E-state index in [9.17, 15) is 0 Å². The summed E-state index contributed by atoms with van der Waals surface area (Å²) in [6, 6.07) is 11.3. The number of piperidine rings is 1. The lowest BCUT2D eigenvalue weighted by Crippen LogP contribution is -2.56. The summed E-state index contributed by atoms with van der Waals surface area (Å²) in [5.41, 5.74) is 1.69. The standard InChI is InChI=1S/C16H24N2O/c1-16(2)12-18(9-13-7-5-4-6-8-13)10-14-11-19-17(3)15(14)16/h4-8,14-15H,9-12H2,1-3H3/t14-,15+/m0/s1. The first-order valence-corrected chi connectivity index (χ1v) is 7.18. The highest BCUT2D eigenvalue weighted by molar-refractivity contribution is 5.15. The first kappa shape index (κ1) is 13.1. The topological polar surface area (TPSA) is 15.7 Å². The van der Waals surface area contributed by atoms with Gasteiger partial charge in [-0.05, 0) is 11.0 Å². The lowest BCUT2D eigenvalue weighted by atomic mass is 9.74. The fourth-order valence-electron chi connectivity index (χ4n) is 3.99. The molecule has 104 valence electrons. The molecule has 1 aromatic carbocycles. The molecule has 3 rings (SSSR count). The van der Waals surface area contributed by atoms with Crippen LogP contribution in [0.2, 0.25) is 0 Å². The van der Waals surface area contributed by atoms with Gasteiger partial charge in [-0.1, -0.05) is 44.2 Å². The number of likely N-dealkylation sites (tertiary alicyclic amines) is 1. The minimum Gasteiger partial charge on any atom is -0.299 e. The van der Waals surface area contributed by atoms with Gasteiger partial charge in [0.1, 0.15) is 0 Å². The lowest BCUT2D eigenvalue weighted by molar-refractivity contribution is -0.136. The van der Waals surface area contributed by atoms with Crippen molar-refractivity contribution in [3.8, 4) is 0 Å². The molecule has 2 aliphatic rings. The molecule has 0 bridgehead atoms. The summed E-state index contributed by atoms with van der Waals surface area (Å²) >= 11 is 0. The Morgan fingerprint density at radius 3 is 2.74 bits per heavy atom. The maximum absolute atomic E-state index is 5.74. The zero-order valence-electron chi connectivity index (χ0n) is 12.2. The van der Waals surface area contributed by atoms with E-state index in [1.807, 2.05) is 0 Å². The molecule has 2 aliphatic heterocycles. The molecule has 2 fully saturated rings. The Morgan fingerprint density at radius 2 is 2.00 bits per heavy atom. The van der Waals surface area contributed by atoms with Crippen LogP contribution in [-0.2, 0) is 11.4 Å². The smallest absolute Gasteiger partial charge is 0.0741 e. The summed E-state index contributed by atoms with van der Waals surface area (Å²) < 4.78 is 0. The molecule has 0 saturated carbocycles. The Hall–Kier alpha value is -0.900. The quantitative estimate of drug-likeness (QED) is 0.812. The molecule has 0 amide bonds. The van der Waals surface area contributed by atoms with E-state index in [1.165, 1.54) is 5.56 Å². The third-order valence-electron chi connectivity index (χ3n) is 4.50. The Labute approximate surface area is 116 Å². The van der Waals surface area contributed by atoms with Crippen molar-refractivity contribution in [1.82, 2.24) is 9.96 Å². The lowest BCUT2D eigenvalue weighted by Gasteiger charge is -2.46. The number of fused-ring (bicyclic) bond motifs is 1. The largest absolute Gasteiger partial charge is 0.299 e. The van der Waals surface area contributed by atoms with Gasteiger partial charge in [-0.25, -0.2) is 0 Å². The van der Waals surface area contributed by atoms with Crippen LogP contribution in [0.5, 0.6) is 0 Å². The highest BCUT2D eigenvalue weighted by Crippen LogP contribution is 2.40. The third kappa shape index (κ3) is 2.55. The van der Waals surface area contributed by atoms with Crippen LogP contribution < -0.4 is 0 Å². The van der Waals surface area contributed by atoms with E-state index < -0.39 is 0 Å². The maximum atomic E-state index is 5.74. The Balaban J connectivity index is 1.73. The zero-order valence-corrected chi connectivity index (χ0v) is 12.2.